The summed E-state index contributed by atoms with van der Waals surface area (Å²) in [4.78, 5) is 14.9. The number of carbonyl (C=O) groups is 1. The smallest absolute Gasteiger partial charge is 0.251 e. The summed E-state index contributed by atoms with van der Waals surface area (Å²) in [5.41, 5.74) is 1.63. The van der Waals surface area contributed by atoms with Crippen molar-refractivity contribution in [3.63, 3.8) is 0 Å². The molecule has 0 saturated carbocycles. The van der Waals surface area contributed by atoms with E-state index in [2.05, 4.69) is 10.2 Å². The first-order valence-corrected chi connectivity index (χ1v) is 7.36. The average Bonchev–Trinajstić information content (AvgIpc) is 2.48. The van der Waals surface area contributed by atoms with E-state index in [0.717, 1.165) is 23.4 Å². The highest BCUT2D eigenvalue weighted by Crippen LogP contribution is 2.28. The van der Waals surface area contributed by atoms with Gasteiger partial charge in [0.15, 0.2) is 0 Å². The summed E-state index contributed by atoms with van der Waals surface area (Å²) < 4.78 is 5.29. The maximum Gasteiger partial charge on any atom is 0.251 e. The second-order valence-electron chi connectivity index (χ2n) is 5.85. The summed E-state index contributed by atoms with van der Waals surface area (Å²) in [6.45, 7) is 5.31. The predicted octanol–water partition coefficient (Wildman–Crippen LogP) is 1.83. The second kappa shape index (κ2) is 5.44. The van der Waals surface area contributed by atoms with Crippen molar-refractivity contribution in [2.75, 3.05) is 26.7 Å². The van der Waals surface area contributed by atoms with Gasteiger partial charge in [-0.05, 0) is 50.9 Å². The zero-order chi connectivity index (χ0) is 14.1. The standard InChI is InChI=1S/C16H22N2O2/c1-11-13(4-3-5-15(11)20-2)16(19)17-14-10-18-8-6-12(14)7-9-18/h3-5,12,14H,6-10H2,1-2H3,(H,17,19). The van der Waals surface area contributed by atoms with Crippen molar-refractivity contribution in [3.8, 4) is 5.75 Å². The van der Waals surface area contributed by atoms with Crippen molar-refractivity contribution in [3.05, 3.63) is 29.3 Å². The van der Waals surface area contributed by atoms with Gasteiger partial charge in [0.1, 0.15) is 5.75 Å². The third-order valence-corrected chi connectivity index (χ3v) is 4.72. The van der Waals surface area contributed by atoms with Crippen molar-refractivity contribution in [1.82, 2.24) is 10.2 Å². The lowest BCUT2D eigenvalue weighted by molar-refractivity contribution is 0.0620. The second-order valence-corrected chi connectivity index (χ2v) is 5.85. The topological polar surface area (TPSA) is 41.6 Å². The van der Waals surface area contributed by atoms with Gasteiger partial charge in [0.2, 0.25) is 0 Å². The highest BCUT2D eigenvalue weighted by Gasteiger charge is 2.35. The number of amides is 1. The number of carbonyl (C=O) groups excluding carboxylic acids is 1. The van der Waals surface area contributed by atoms with Crippen molar-refractivity contribution in [1.29, 1.82) is 0 Å². The predicted molar refractivity (Wildman–Crippen MR) is 78.1 cm³/mol. The van der Waals surface area contributed by atoms with E-state index in [1.165, 1.54) is 25.9 Å². The van der Waals surface area contributed by atoms with Crippen LogP contribution in [0.2, 0.25) is 0 Å². The van der Waals surface area contributed by atoms with Crippen LogP contribution < -0.4 is 10.1 Å². The molecule has 1 atom stereocenters. The molecule has 1 aromatic rings. The summed E-state index contributed by atoms with van der Waals surface area (Å²) in [5.74, 6) is 1.45. The molecule has 0 radical (unpaired) electrons. The Kier molecular flexibility index (Phi) is 3.66. The highest BCUT2D eigenvalue weighted by atomic mass is 16.5. The molecule has 0 spiro atoms. The van der Waals surface area contributed by atoms with E-state index in [1.54, 1.807) is 7.11 Å². The molecule has 3 fully saturated rings. The minimum absolute atomic E-state index is 0.0279. The SMILES string of the molecule is COc1cccc(C(=O)NC2CN3CCC2CC3)c1C. The van der Waals surface area contributed by atoms with Crippen LogP contribution in [0.3, 0.4) is 0 Å². The highest BCUT2D eigenvalue weighted by molar-refractivity contribution is 5.96. The number of rotatable bonds is 3. The molecule has 1 N–H and O–H groups in total. The number of hydrogen-bond acceptors (Lipinski definition) is 3. The van der Waals surface area contributed by atoms with Crippen LogP contribution in [-0.4, -0.2) is 43.6 Å². The summed E-state index contributed by atoms with van der Waals surface area (Å²) >= 11 is 0. The van der Waals surface area contributed by atoms with Gasteiger partial charge in [0.05, 0.1) is 7.11 Å². The lowest BCUT2D eigenvalue weighted by atomic mass is 9.84. The van der Waals surface area contributed by atoms with Crippen LogP contribution in [0.5, 0.6) is 5.75 Å². The number of ether oxygens (including phenoxy) is 1. The minimum Gasteiger partial charge on any atom is -0.496 e. The summed E-state index contributed by atoms with van der Waals surface area (Å²) in [5, 5.41) is 3.22. The molecule has 20 heavy (non-hydrogen) atoms. The molecule has 4 heteroatoms. The Hall–Kier alpha value is -1.55. The Balaban J connectivity index is 1.73. The van der Waals surface area contributed by atoms with Gasteiger partial charge in [-0.15, -0.1) is 0 Å². The van der Waals surface area contributed by atoms with Crippen molar-refractivity contribution in [2.45, 2.75) is 25.8 Å². The number of methoxy groups -OCH3 is 1. The van der Waals surface area contributed by atoms with Gasteiger partial charge in [-0.1, -0.05) is 6.07 Å². The number of nitrogens with one attached hydrogen (secondary N) is 1. The molecule has 4 nitrogen and oxygen atoms in total. The van der Waals surface area contributed by atoms with E-state index in [-0.39, 0.29) is 5.91 Å². The first-order valence-electron chi connectivity index (χ1n) is 7.36. The fourth-order valence-electron chi connectivity index (χ4n) is 3.46. The molecular weight excluding hydrogens is 252 g/mol. The number of nitrogens with zero attached hydrogens (tertiary/aromatic N) is 1. The Labute approximate surface area is 120 Å². The lowest BCUT2D eigenvalue weighted by Gasteiger charge is -2.45. The first kappa shape index (κ1) is 13.4. The molecule has 1 aromatic carbocycles. The zero-order valence-electron chi connectivity index (χ0n) is 12.2. The van der Waals surface area contributed by atoms with Gasteiger partial charge in [-0.3, -0.25) is 4.79 Å². The molecule has 2 bridgehead atoms. The molecule has 3 aliphatic rings. The molecule has 0 aromatic heterocycles. The molecule has 3 aliphatic heterocycles. The van der Waals surface area contributed by atoms with Crippen molar-refractivity contribution in [2.24, 2.45) is 5.92 Å². The third kappa shape index (κ3) is 2.40. The minimum atomic E-state index is 0.0279. The Morgan fingerprint density at radius 3 is 2.70 bits per heavy atom. The van der Waals surface area contributed by atoms with Crippen molar-refractivity contribution < 1.29 is 9.53 Å². The van der Waals surface area contributed by atoms with Gasteiger partial charge in [-0.25, -0.2) is 0 Å². The van der Waals surface area contributed by atoms with E-state index in [9.17, 15) is 4.79 Å². The molecule has 3 saturated heterocycles. The van der Waals surface area contributed by atoms with Gasteiger partial charge >= 0.3 is 0 Å². The van der Waals surface area contributed by atoms with E-state index in [4.69, 9.17) is 4.74 Å². The summed E-state index contributed by atoms with van der Waals surface area (Å²) in [6.07, 6.45) is 2.42. The molecular formula is C16H22N2O2. The van der Waals surface area contributed by atoms with Crippen LogP contribution in [0.15, 0.2) is 18.2 Å². The van der Waals surface area contributed by atoms with Crippen molar-refractivity contribution >= 4 is 5.91 Å². The Morgan fingerprint density at radius 2 is 2.10 bits per heavy atom. The molecule has 0 aliphatic carbocycles. The monoisotopic (exact) mass is 274 g/mol. The van der Waals surface area contributed by atoms with Gasteiger partial charge < -0.3 is 15.0 Å². The normalized spacial score (nSPS) is 28.2. The fraction of sp³-hybridized carbons (Fsp3) is 0.562. The maximum absolute atomic E-state index is 12.5. The molecule has 3 heterocycles. The largest absolute Gasteiger partial charge is 0.496 e. The van der Waals surface area contributed by atoms with Crippen LogP contribution in [0.25, 0.3) is 0 Å². The Bertz CT molecular complexity index is 507. The number of piperidine rings is 3. The number of fused-ring (bicyclic) bond motifs is 3. The van der Waals surface area contributed by atoms with Crippen LogP contribution >= 0.6 is 0 Å². The maximum atomic E-state index is 12.5. The van der Waals surface area contributed by atoms with Crippen LogP contribution in [0.1, 0.15) is 28.8 Å². The molecule has 108 valence electrons. The lowest BCUT2D eigenvalue weighted by Crippen LogP contribution is -2.57. The van der Waals surface area contributed by atoms with Crippen LogP contribution in [-0.2, 0) is 0 Å². The van der Waals surface area contributed by atoms with Crippen LogP contribution in [0, 0.1) is 12.8 Å². The van der Waals surface area contributed by atoms with E-state index >= 15 is 0 Å². The van der Waals surface area contributed by atoms with Gasteiger partial charge in [0.25, 0.3) is 5.91 Å². The van der Waals surface area contributed by atoms with Gasteiger partial charge in [-0.2, -0.15) is 0 Å². The molecule has 4 rings (SSSR count). The number of benzene rings is 1. The fourth-order valence-corrected chi connectivity index (χ4v) is 3.46. The molecule has 1 amide bonds. The average molecular weight is 274 g/mol. The first-order chi connectivity index (χ1) is 9.69. The zero-order valence-corrected chi connectivity index (χ0v) is 12.2. The molecule has 1 unspecified atom stereocenters. The summed E-state index contributed by atoms with van der Waals surface area (Å²) in [7, 11) is 1.64. The van der Waals surface area contributed by atoms with Crippen LogP contribution in [0.4, 0.5) is 0 Å². The quantitative estimate of drug-likeness (QED) is 0.914. The van der Waals surface area contributed by atoms with E-state index < -0.39 is 0 Å². The van der Waals surface area contributed by atoms with E-state index in [0.29, 0.717) is 12.0 Å². The van der Waals surface area contributed by atoms with Gasteiger partial charge in [0, 0.05) is 23.7 Å². The summed E-state index contributed by atoms with van der Waals surface area (Å²) in [6, 6.07) is 5.93. The third-order valence-electron chi connectivity index (χ3n) is 4.72. The number of hydrogen-bond donors (Lipinski definition) is 1. The Morgan fingerprint density at radius 1 is 1.35 bits per heavy atom. The van der Waals surface area contributed by atoms with E-state index in [1.807, 2.05) is 25.1 Å².